The van der Waals surface area contributed by atoms with Crippen LogP contribution in [0, 0.1) is 0 Å². The summed E-state index contributed by atoms with van der Waals surface area (Å²) in [5, 5.41) is 3.02. The number of ether oxygens (including phenoxy) is 2. The summed E-state index contributed by atoms with van der Waals surface area (Å²) in [5.74, 6) is 0.0664. The van der Waals surface area contributed by atoms with Gasteiger partial charge in [0, 0.05) is 44.6 Å². The zero-order valence-electron chi connectivity index (χ0n) is 15.2. The molecule has 2 aliphatic heterocycles. The van der Waals surface area contributed by atoms with Crippen LogP contribution in [0.4, 0.5) is 4.79 Å². The van der Waals surface area contributed by atoms with Gasteiger partial charge in [0.05, 0.1) is 38.5 Å². The minimum absolute atomic E-state index is 0.0664. The Balaban J connectivity index is 1.44. The van der Waals surface area contributed by atoms with Crippen molar-refractivity contribution in [2.24, 2.45) is 0 Å². The molecule has 0 spiro atoms. The maximum absolute atomic E-state index is 12.5. The summed E-state index contributed by atoms with van der Waals surface area (Å²) in [4.78, 5) is 34.6. The number of nitrogens with zero attached hydrogens (tertiary/aromatic N) is 4. The van der Waals surface area contributed by atoms with Crippen LogP contribution < -0.4 is 0 Å². The molecule has 0 atom stereocenters. The van der Waals surface area contributed by atoms with Crippen molar-refractivity contribution in [3.8, 4) is 0 Å². The van der Waals surface area contributed by atoms with Gasteiger partial charge in [-0.25, -0.2) is 9.78 Å². The molecule has 0 aliphatic carbocycles. The van der Waals surface area contributed by atoms with Crippen LogP contribution in [0.5, 0.6) is 0 Å². The molecule has 9 heteroatoms. The topological polar surface area (TPSA) is 75.2 Å². The van der Waals surface area contributed by atoms with Crippen LogP contribution in [0.15, 0.2) is 5.38 Å². The molecule has 0 unspecified atom stereocenters. The highest BCUT2D eigenvalue weighted by molar-refractivity contribution is 7.09. The van der Waals surface area contributed by atoms with Crippen LogP contribution in [0.25, 0.3) is 0 Å². The lowest BCUT2D eigenvalue weighted by Gasteiger charge is -2.34. The van der Waals surface area contributed by atoms with Crippen molar-refractivity contribution in [2.75, 3.05) is 59.1 Å². The van der Waals surface area contributed by atoms with Gasteiger partial charge in [0.2, 0.25) is 5.91 Å². The molecule has 1 aromatic heterocycles. The summed E-state index contributed by atoms with van der Waals surface area (Å²) >= 11 is 1.61. The predicted molar refractivity (Wildman–Crippen MR) is 97.1 cm³/mol. The zero-order chi connectivity index (χ0) is 18.4. The van der Waals surface area contributed by atoms with E-state index in [0.29, 0.717) is 39.2 Å². The van der Waals surface area contributed by atoms with E-state index in [4.69, 9.17) is 9.47 Å². The summed E-state index contributed by atoms with van der Waals surface area (Å²) in [7, 11) is 0. The molecule has 3 heterocycles. The molecule has 2 amide bonds. The van der Waals surface area contributed by atoms with E-state index >= 15 is 0 Å². The standard InChI is InChI=1S/C17H26N4O4S/c1-2-25-17(23)21-5-3-20(4-6-21)16(22)11-14-13-26-15(18-14)12-19-7-9-24-10-8-19/h13H,2-12H2,1H3. The van der Waals surface area contributed by atoms with E-state index in [2.05, 4.69) is 9.88 Å². The Bertz CT molecular complexity index is 610. The summed E-state index contributed by atoms with van der Waals surface area (Å²) < 4.78 is 10.4. The Morgan fingerprint density at radius 3 is 2.54 bits per heavy atom. The monoisotopic (exact) mass is 382 g/mol. The number of carbonyl (C=O) groups excluding carboxylic acids is 2. The van der Waals surface area contributed by atoms with Crippen LogP contribution in [0.2, 0.25) is 0 Å². The van der Waals surface area contributed by atoms with Crippen LogP contribution >= 0.6 is 11.3 Å². The smallest absolute Gasteiger partial charge is 0.409 e. The molecule has 2 saturated heterocycles. The second kappa shape index (κ2) is 9.29. The zero-order valence-corrected chi connectivity index (χ0v) is 16.0. The number of hydrogen-bond acceptors (Lipinski definition) is 7. The summed E-state index contributed by atoms with van der Waals surface area (Å²) in [6.07, 6.45) is 0.0193. The molecule has 0 bridgehead atoms. The van der Waals surface area contributed by atoms with Gasteiger partial charge < -0.3 is 19.3 Å². The molecule has 0 saturated carbocycles. The fraction of sp³-hybridized carbons (Fsp3) is 0.706. The summed E-state index contributed by atoms with van der Waals surface area (Å²) in [5.41, 5.74) is 0.830. The summed E-state index contributed by atoms with van der Waals surface area (Å²) in [6.45, 7) is 8.51. The van der Waals surface area contributed by atoms with Gasteiger partial charge in [0.15, 0.2) is 0 Å². The molecular weight excluding hydrogens is 356 g/mol. The van der Waals surface area contributed by atoms with Crippen molar-refractivity contribution in [3.05, 3.63) is 16.1 Å². The number of piperazine rings is 1. The van der Waals surface area contributed by atoms with Crippen molar-refractivity contribution >= 4 is 23.3 Å². The highest BCUT2D eigenvalue weighted by Crippen LogP contribution is 2.15. The number of carbonyl (C=O) groups is 2. The maximum Gasteiger partial charge on any atom is 0.409 e. The Labute approximate surface area is 157 Å². The molecule has 1 aromatic rings. The molecule has 26 heavy (non-hydrogen) atoms. The molecule has 2 aliphatic rings. The van der Waals surface area contributed by atoms with E-state index in [9.17, 15) is 9.59 Å². The van der Waals surface area contributed by atoms with E-state index in [1.807, 2.05) is 5.38 Å². The van der Waals surface area contributed by atoms with E-state index in [1.165, 1.54) is 0 Å². The lowest BCUT2D eigenvalue weighted by Crippen LogP contribution is -2.51. The third-order valence-corrected chi connectivity index (χ3v) is 5.44. The van der Waals surface area contributed by atoms with E-state index in [1.54, 1.807) is 28.1 Å². The van der Waals surface area contributed by atoms with Gasteiger partial charge in [-0.2, -0.15) is 0 Å². The van der Waals surface area contributed by atoms with Gasteiger partial charge >= 0.3 is 6.09 Å². The number of amides is 2. The van der Waals surface area contributed by atoms with E-state index < -0.39 is 0 Å². The molecule has 0 aromatic carbocycles. The second-order valence-corrected chi connectivity index (χ2v) is 7.31. The number of rotatable bonds is 5. The summed E-state index contributed by atoms with van der Waals surface area (Å²) in [6, 6.07) is 0. The molecule has 144 valence electrons. The fourth-order valence-corrected chi connectivity index (χ4v) is 3.91. The van der Waals surface area contributed by atoms with Crippen LogP contribution in [0.1, 0.15) is 17.6 Å². The number of hydrogen-bond donors (Lipinski definition) is 0. The fourth-order valence-electron chi connectivity index (χ4n) is 3.07. The van der Waals surface area contributed by atoms with Gasteiger partial charge in [0.1, 0.15) is 5.01 Å². The van der Waals surface area contributed by atoms with Gasteiger partial charge in [0.25, 0.3) is 0 Å². The first kappa shape index (κ1) is 19.1. The van der Waals surface area contributed by atoms with Crippen LogP contribution in [0.3, 0.4) is 0 Å². The van der Waals surface area contributed by atoms with Crippen molar-refractivity contribution in [3.63, 3.8) is 0 Å². The van der Waals surface area contributed by atoms with Crippen molar-refractivity contribution < 1.29 is 19.1 Å². The van der Waals surface area contributed by atoms with E-state index in [0.717, 1.165) is 43.5 Å². The first-order chi connectivity index (χ1) is 12.7. The average molecular weight is 382 g/mol. The first-order valence-corrected chi connectivity index (χ1v) is 9.96. The third kappa shape index (κ3) is 5.15. The quantitative estimate of drug-likeness (QED) is 0.751. The van der Waals surface area contributed by atoms with Gasteiger partial charge in [-0.3, -0.25) is 9.69 Å². The van der Waals surface area contributed by atoms with Gasteiger partial charge in [-0.1, -0.05) is 0 Å². The predicted octanol–water partition coefficient (Wildman–Crippen LogP) is 0.819. The minimum atomic E-state index is -0.299. The molecule has 0 radical (unpaired) electrons. The van der Waals surface area contributed by atoms with Gasteiger partial charge in [-0.15, -0.1) is 11.3 Å². The Hall–Kier alpha value is -1.71. The lowest BCUT2D eigenvalue weighted by molar-refractivity contribution is -0.132. The van der Waals surface area contributed by atoms with Crippen LogP contribution in [-0.2, 0) is 27.2 Å². The maximum atomic E-state index is 12.5. The Morgan fingerprint density at radius 2 is 1.85 bits per heavy atom. The Kier molecular flexibility index (Phi) is 6.81. The highest BCUT2D eigenvalue weighted by Gasteiger charge is 2.25. The minimum Gasteiger partial charge on any atom is -0.450 e. The van der Waals surface area contributed by atoms with Crippen LogP contribution in [-0.4, -0.2) is 90.8 Å². The third-order valence-electron chi connectivity index (χ3n) is 4.55. The molecule has 2 fully saturated rings. The first-order valence-electron chi connectivity index (χ1n) is 9.08. The number of thiazole rings is 1. The SMILES string of the molecule is CCOC(=O)N1CCN(C(=O)Cc2csc(CN3CCOCC3)n2)CC1. The van der Waals surface area contributed by atoms with Crippen molar-refractivity contribution in [2.45, 2.75) is 19.9 Å². The number of morpholine rings is 1. The van der Waals surface area contributed by atoms with E-state index in [-0.39, 0.29) is 12.0 Å². The van der Waals surface area contributed by atoms with Crippen molar-refractivity contribution in [1.29, 1.82) is 0 Å². The molecule has 8 nitrogen and oxygen atoms in total. The largest absolute Gasteiger partial charge is 0.450 e. The molecule has 3 rings (SSSR count). The Morgan fingerprint density at radius 1 is 1.15 bits per heavy atom. The number of aromatic nitrogens is 1. The average Bonchev–Trinajstić information content (AvgIpc) is 3.09. The highest BCUT2D eigenvalue weighted by atomic mass is 32.1. The molecule has 0 N–H and O–H groups in total. The van der Waals surface area contributed by atoms with Gasteiger partial charge in [-0.05, 0) is 6.92 Å². The normalized spacial score (nSPS) is 18.8. The second-order valence-electron chi connectivity index (χ2n) is 6.36. The van der Waals surface area contributed by atoms with Crippen molar-refractivity contribution in [1.82, 2.24) is 19.7 Å². The lowest BCUT2D eigenvalue weighted by atomic mass is 10.2. The molecular formula is C17H26N4O4S.